The number of hydrogen-bond donors (Lipinski definition) is 0. The third-order valence-electron chi connectivity index (χ3n) is 4.29. The van der Waals surface area contributed by atoms with Crippen LogP contribution in [0.2, 0.25) is 0 Å². The monoisotopic (exact) mass is 610 g/mol. The second-order valence-electron chi connectivity index (χ2n) is 7.93. The molecule has 0 aliphatic carbocycles. The highest BCUT2D eigenvalue weighted by atomic mass is 32.2. The first-order valence-corrected chi connectivity index (χ1v) is 16.5. The zero-order chi connectivity index (χ0) is 28.4. The molecule has 0 aliphatic rings. The van der Waals surface area contributed by atoms with Crippen molar-refractivity contribution in [3.8, 4) is 0 Å². The number of hydrogen-bond acceptors (Lipinski definition) is 12. The van der Waals surface area contributed by atoms with Crippen LogP contribution in [0.3, 0.4) is 0 Å². The molecule has 0 atom stereocenters. The molecule has 0 amide bonds. The molecular weight excluding hydrogens is 569 g/mol. The van der Waals surface area contributed by atoms with Crippen LogP contribution in [-0.4, -0.2) is 96.3 Å². The lowest BCUT2D eigenvalue weighted by atomic mass is 10.4. The predicted molar refractivity (Wildman–Crippen MR) is 161 cm³/mol. The molecule has 0 unspecified atom stereocenters. The van der Waals surface area contributed by atoms with Gasteiger partial charge in [-0.1, -0.05) is 60.2 Å². The topological polar surface area (TPSA) is 105 Å². The van der Waals surface area contributed by atoms with Crippen LogP contribution in [0.1, 0.15) is 39.5 Å². The van der Waals surface area contributed by atoms with Gasteiger partial charge >= 0.3 is 0 Å². The number of rotatable bonds is 25. The highest BCUT2D eigenvalue weighted by molar-refractivity contribution is 8.14. The van der Waals surface area contributed by atoms with E-state index in [1.54, 1.807) is 13.8 Å². The highest BCUT2D eigenvalue weighted by Crippen LogP contribution is 2.14. The first-order valence-electron chi connectivity index (χ1n) is 12.5. The van der Waals surface area contributed by atoms with E-state index in [-0.39, 0.29) is 33.3 Å². The van der Waals surface area contributed by atoms with Crippen LogP contribution < -0.4 is 0 Å². The molecule has 0 rings (SSSR count). The summed E-state index contributed by atoms with van der Waals surface area (Å²) in [5.41, 5.74) is 1.10. The van der Waals surface area contributed by atoms with Crippen LogP contribution in [-0.2, 0) is 38.1 Å². The van der Waals surface area contributed by atoms with E-state index >= 15 is 0 Å². The minimum absolute atomic E-state index is 0.00802. The van der Waals surface area contributed by atoms with E-state index in [0.717, 1.165) is 12.8 Å². The quantitative estimate of drug-likeness (QED) is 0.105. The van der Waals surface area contributed by atoms with E-state index < -0.39 is 0 Å². The predicted octanol–water partition coefficient (Wildman–Crippen LogP) is 4.80. The van der Waals surface area contributed by atoms with Crippen molar-refractivity contribution in [3.63, 3.8) is 0 Å². The zero-order valence-corrected chi connectivity index (χ0v) is 25.9. The lowest BCUT2D eigenvalue weighted by molar-refractivity contribution is -0.115. The molecule has 0 bridgehead atoms. The van der Waals surface area contributed by atoms with Crippen molar-refractivity contribution in [1.82, 2.24) is 0 Å². The normalized spacial score (nSPS) is 10.9. The zero-order valence-electron chi connectivity index (χ0n) is 22.6. The Morgan fingerprint density at radius 3 is 1.29 bits per heavy atom. The Morgan fingerprint density at radius 1 is 0.500 bits per heavy atom. The first kappa shape index (κ1) is 37.4. The summed E-state index contributed by atoms with van der Waals surface area (Å²) in [5, 5.41) is 0.0111. The van der Waals surface area contributed by atoms with Crippen LogP contribution in [0.15, 0.2) is 24.3 Å². The third kappa shape index (κ3) is 25.7. The van der Waals surface area contributed by atoms with Crippen LogP contribution in [0.5, 0.6) is 0 Å². The third-order valence-corrected chi connectivity index (χ3v) is 8.29. The SMILES string of the molecule is C=C(C)C(=O)SCCCOCCOCCSC(=O)CCC(=O)SCCCOCCOCCSC(=O)C(=C)C. The van der Waals surface area contributed by atoms with Gasteiger partial charge in [-0.05, 0) is 37.8 Å². The smallest absolute Gasteiger partial charge is 0.214 e. The molecule has 0 saturated heterocycles. The molecule has 0 spiro atoms. The Balaban J connectivity index is 3.39. The van der Waals surface area contributed by atoms with E-state index in [1.165, 1.54) is 47.0 Å². The lowest BCUT2D eigenvalue weighted by Gasteiger charge is -2.06. The maximum Gasteiger partial charge on any atom is 0.214 e. The van der Waals surface area contributed by atoms with Gasteiger partial charge in [0.2, 0.25) is 10.2 Å². The molecule has 0 aromatic rings. The molecule has 12 heteroatoms. The fourth-order valence-corrected chi connectivity index (χ4v) is 5.06. The molecule has 0 radical (unpaired) electrons. The summed E-state index contributed by atoms with van der Waals surface area (Å²) in [4.78, 5) is 46.6. The van der Waals surface area contributed by atoms with E-state index in [9.17, 15) is 19.2 Å². The second-order valence-corrected chi connectivity index (χ2v) is 12.4. The van der Waals surface area contributed by atoms with Gasteiger partial charge < -0.3 is 18.9 Å². The standard InChI is InChI=1S/C26H42O8S4/c1-21(2)25(29)37-18-6-10-32-11-13-33-15-19-36-24(28)8-7-23(27)35-17-5-9-31-12-14-34-16-20-38-26(30)22(3)4/h1,3,5-20H2,2,4H3. The summed E-state index contributed by atoms with van der Waals surface area (Å²) < 4.78 is 21.8. The van der Waals surface area contributed by atoms with Crippen molar-refractivity contribution >= 4 is 67.5 Å². The van der Waals surface area contributed by atoms with E-state index in [0.29, 0.717) is 87.0 Å². The van der Waals surface area contributed by atoms with Gasteiger partial charge in [-0.15, -0.1) is 0 Å². The summed E-state index contributed by atoms with van der Waals surface area (Å²) in [6.45, 7) is 14.5. The summed E-state index contributed by atoms with van der Waals surface area (Å²) in [6, 6.07) is 0. The molecule has 8 nitrogen and oxygen atoms in total. The summed E-state index contributed by atoms with van der Waals surface area (Å²) in [7, 11) is 0. The van der Waals surface area contributed by atoms with Crippen LogP contribution in [0, 0.1) is 0 Å². The van der Waals surface area contributed by atoms with Crippen molar-refractivity contribution < 1.29 is 38.1 Å². The fourth-order valence-electron chi connectivity index (χ4n) is 2.32. The Bertz CT molecular complexity index is 670. The van der Waals surface area contributed by atoms with Gasteiger partial charge in [0.15, 0.2) is 10.2 Å². The summed E-state index contributed by atoms with van der Waals surface area (Å²) in [5.74, 6) is 2.51. The molecule has 0 aromatic heterocycles. The molecule has 0 N–H and O–H groups in total. The largest absolute Gasteiger partial charge is 0.379 e. The molecule has 0 aromatic carbocycles. The number of ether oxygens (including phenoxy) is 4. The fraction of sp³-hybridized carbons (Fsp3) is 0.692. The Morgan fingerprint density at radius 2 is 0.842 bits per heavy atom. The number of thioether (sulfide) groups is 4. The minimum atomic E-state index is -0.0132. The Kier molecular flexibility index (Phi) is 26.2. The maximum absolute atomic E-state index is 11.9. The van der Waals surface area contributed by atoms with Gasteiger partial charge in [0, 0.05) is 49.1 Å². The first-order chi connectivity index (χ1) is 18.2. The molecular formula is C26H42O8S4. The molecule has 0 heterocycles. The van der Waals surface area contributed by atoms with Gasteiger partial charge in [0.05, 0.1) is 39.6 Å². The average Bonchev–Trinajstić information content (AvgIpc) is 2.88. The van der Waals surface area contributed by atoms with Gasteiger partial charge in [-0.3, -0.25) is 19.2 Å². The van der Waals surface area contributed by atoms with E-state index in [2.05, 4.69) is 13.2 Å². The number of carbonyl (C=O) groups is 4. The number of carbonyl (C=O) groups excluding carboxylic acids is 4. The minimum Gasteiger partial charge on any atom is -0.379 e. The lowest BCUT2D eigenvalue weighted by Crippen LogP contribution is -2.09. The second kappa shape index (κ2) is 26.6. The van der Waals surface area contributed by atoms with Crippen molar-refractivity contribution in [1.29, 1.82) is 0 Å². The Labute approximate surface area is 244 Å². The van der Waals surface area contributed by atoms with Crippen molar-refractivity contribution in [2.45, 2.75) is 39.5 Å². The van der Waals surface area contributed by atoms with Crippen molar-refractivity contribution in [2.75, 3.05) is 75.9 Å². The average molecular weight is 611 g/mol. The molecule has 0 saturated carbocycles. The maximum atomic E-state index is 11.9. The molecule has 0 fully saturated rings. The van der Waals surface area contributed by atoms with E-state index in [4.69, 9.17) is 18.9 Å². The van der Waals surface area contributed by atoms with E-state index in [1.807, 2.05) is 0 Å². The summed E-state index contributed by atoms with van der Waals surface area (Å²) >= 11 is 4.87. The highest BCUT2D eigenvalue weighted by Gasteiger charge is 2.09. The van der Waals surface area contributed by atoms with Crippen LogP contribution in [0.25, 0.3) is 0 Å². The Hall–Kier alpha value is -0.600. The van der Waals surface area contributed by atoms with Crippen LogP contribution >= 0.6 is 47.0 Å². The molecule has 0 aliphatic heterocycles. The summed E-state index contributed by atoms with van der Waals surface area (Å²) in [6.07, 6.45) is 2.00. The van der Waals surface area contributed by atoms with Crippen molar-refractivity contribution in [3.05, 3.63) is 24.3 Å². The van der Waals surface area contributed by atoms with Gasteiger partial charge in [0.1, 0.15) is 0 Å². The molecule has 218 valence electrons. The van der Waals surface area contributed by atoms with Crippen molar-refractivity contribution in [2.24, 2.45) is 0 Å². The molecule has 38 heavy (non-hydrogen) atoms. The van der Waals surface area contributed by atoms with Gasteiger partial charge in [0.25, 0.3) is 0 Å². The van der Waals surface area contributed by atoms with Gasteiger partial charge in [-0.25, -0.2) is 0 Å². The van der Waals surface area contributed by atoms with Crippen LogP contribution in [0.4, 0.5) is 0 Å². The van der Waals surface area contributed by atoms with Gasteiger partial charge in [-0.2, -0.15) is 0 Å².